The van der Waals surface area contributed by atoms with Crippen LogP contribution in [0.15, 0.2) is 48.5 Å². The molecule has 1 fully saturated rings. The first kappa shape index (κ1) is 19.6. The summed E-state index contributed by atoms with van der Waals surface area (Å²) in [6, 6.07) is 13.9. The summed E-state index contributed by atoms with van der Waals surface area (Å²) in [5, 5.41) is 0. The molecule has 0 atom stereocenters. The Balaban J connectivity index is 1.64. The predicted molar refractivity (Wildman–Crippen MR) is 110 cm³/mol. The number of hydrogen-bond acceptors (Lipinski definition) is 5. The molecule has 0 spiro atoms. The van der Waals surface area contributed by atoms with Crippen LogP contribution in [0.1, 0.15) is 5.56 Å². The molecule has 0 N–H and O–H groups in total. The van der Waals surface area contributed by atoms with Crippen molar-refractivity contribution in [2.45, 2.75) is 0 Å². The van der Waals surface area contributed by atoms with Crippen molar-refractivity contribution in [2.24, 2.45) is 0 Å². The zero-order valence-corrected chi connectivity index (χ0v) is 16.6. The molecule has 0 aliphatic carbocycles. The lowest BCUT2D eigenvalue weighted by Gasteiger charge is -2.35. The summed E-state index contributed by atoms with van der Waals surface area (Å²) in [4.78, 5) is 16.7. The van der Waals surface area contributed by atoms with Gasteiger partial charge in [-0.05, 0) is 35.9 Å². The van der Waals surface area contributed by atoms with Gasteiger partial charge in [-0.2, -0.15) is 0 Å². The molecular formula is C22H26N2O4. The molecule has 1 aliphatic heterocycles. The summed E-state index contributed by atoms with van der Waals surface area (Å²) in [7, 11) is 4.71. The maximum atomic E-state index is 12.6. The Morgan fingerprint density at radius 2 is 1.50 bits per heavy atom. The van der Waals surface area contributed by atoms with Crippen LogP contribution in [0.5, 0.6) is 17.2 Å². The van der Waals surface area contributed by atoms with E-state index in [0.717, 1.165) is 18.7 Å². The number of ether oxygens (including phenoxy) is 3. The number of methoxy groups -OCH3 is 3. The van der Waals surface area contributed by atoms with Gasteiger partial charge in [0.1, 0.15) is 0 Å². The Kier molecular flexibility index (Phi) is 6.42. The number of nitrogens with zero attached hydrogens (tertiary/aromatic N) is 2. The first-order valence-electron chi connectivity index (χ1n) is 9.23. The van der Waals surface area contributed by atoms with Crippen LogP contribution in [-0.2, 0) is 4.79 Å². The van der Waals surface area contributed by atoms with Gasteiger partial charge in [0.25, 0.3) is 0 Å². The number of anilines is 1. The van der Waals surface area contributed by atoms with Gasteiger partial charge in [-0.3, -0.25) is 4.79 Å². The van der Waals surface area contributed by atoms with E-state index in [9.17, 15) is 4.79 Å². The Labute approximate surface area is 165 Å². The van der Waals surface area contributed by atoms with Gasteiger partial charge in [-0.25, -0.2) is 0 Å². The molecule has 148 valence electrons. The van der Waals surface area contributed by atoms with Gasteiger partial charge in [0.2, 0.25) is 11.7 Å². The molecule has 0 aromatic heterocycles. The summed E-state index contributed by atoms with van der Waals surface area (Å²) in [6.07, 6.45) is 3.37. The number of rotatable bonds is 6. The van der Waals surface area contributed by atoms with Gasteiger partial charge in [0, 0.05) is 37.9 Å². The van der Waals surface area contributed by atoms with E-state index in [0.29, 0.717) is 30.3 Å². The molecule has 0 radical (unpaired) electrons. The molecule has 28 heavy (non-hydrogen) atoms. The van der Waals surface area contributed by atoms with Gasteiger partial charge in [-0.15, -0.1) is 0 Å². The summed E-state index contributed by atoms with van der Waals surface area (Å²) in [5.41, 5.74) is 2.01. The number of amides is 1. The highest BCUT2D eigenvalue weighted by atomic mass is 16.5. The van der Waals surface area contributed by atoms with E-state index in [1.165, 1.54) is 5.69 Å². The fourth-order valence-corrected chi connectivity index (χ4v) is 3.29. The third kappa shape index (κ3) is 4.39. The summed E-state index contributed by atoms with van der Waals surface area (Å²) < 4.78 is 16.0. The fraction of sp³-hybridized carbons (Fsp3) is 0.318. The molecule has 0 unspecified atom stereocenters. The van der Waals surface area contributed by atoms with Crippen molar-refractivity contribution in [2.75, 3.05) is 52.4 Å². The van der Waals surface area contributed by atoms with E-state index < -0.39 is 0 Å². The van der Waals surface area contributed by atoms with Crippen LogP contribution in [0.25, 0.3) is 6.08 Å². The number of carbonyl (C=O) groups is 1. The van der Waals surface area contributed by atoms with E-state index >= 15 is 0 Å². The minimum Gasteiger partial charge on any atom is -0.493 e. The Bertz CT molecular complexity index is 803. The molecular weight excluding hydrogens is 356 g/mol. The van der Waals surface area contributed by atoms with E-state index in [-0.39, 0.29) is 5.91 Å². The van der Waals surface area contributed by atoms with E-state index in [1.54, 1.807) is 33.5 Å². The van der Waals surface area contributed by atoms with Gasteiger partial charge in [0.15, 0.2) is 11.5 Å². The monoisotopic (exact) mass is 382 g/mol. The minimum atomic E-state index is 0.00136. The summed E-state index contributed by atoms with van der Waals surface area (Å²) in [6.45, 7) is 3.06. The molecule has 0 saturated carbocycles. The second-order valence-electron chi connectivity index (χ2n) is 6.44. The average Bonchev–Trinajstić information content (AvgIpc) is 2.77. The molecule has 6 nitrogen and oxygen atoms in total. The summed E-state index contributed by atoms with van der Waals surface area (Å²) in [5.74, 6) is 1.66. The molecule has 3 rings (SSSR count). The van der Waals surface area contributed by atoms with E-state index in [2.05, 4.69) is 17.0 Å². The number of benzene rings is 2. The number of piperazine rings is 1. The highest BCUT2D eigenvalue weighted by molar-refractivity contribution is 5.92. The zero-order chi connectivity index (χ0) is 19.9. The molecule has 1 aliphatic rings. The second-order valence-corrected chi connectivity index (χ2v) is 6.44. The van der Waals surface area contributed by atoms with Crippen LogP contribution in [-0.4, -0.2) is 58.3 Å². The van der Waals surface area contributed by atoms with Crippen molar-refractivity contribution < 1.29 is 19.0 Å². The van der Waals surface area contributed by atoms with Gasteiger partial charge in [-0.1, -0.05) is 18.2 Å². The second kappa shape index (κ2) is 9.17. The quantitative estimate of drug-likeness (QED) is 0.719. The third-order valence-corrected chi connectivity index (χ3v) is 4.82. The van der Waals surface area contributed by atoms with Crippen LogP contribution in [0.4, 0.5) is 5.69 Å². The lowest BCUT2D eigenvalue weighted by atomic mass is 10.1. The highest BCUT2D eigenvalue weighted by Crippen LogP contribution is 2.38. The first-order chi connectivity index (χ1) is 13.7. The summed E-state index contributed by atoms with van der Waals surface area (Å²) >= 11 is 0. The van der Waals surface area contributed by atoms with Crippen molar-refractivity contribution >= 4 is 17.7 Å². The number of hydrogen-bond donors (Lipinski definition) is 0. The van der Waals surface area contributed by atoms with Crippen LogP contribution >= 0.6 is 0 Å². The molecule has 0 bridgehead atoms. The molecule has 1 saturated heterocycles. The maximum Gasteiger partial charge on any atom is 0.246 e. The standard InChI is InChI=1S/C22H26N2O4/c1-26-19-15-17(16-20(27-2)22(19)28-3)9-10-21(25)24-13-11-23(12-14-24)18-7-5-4-6-8-18/h4-10,15-16H,11-14H2,1-3H3. The van der Waals surface area contributed by atoms with Crippen LogP contribution in [0.2, 0.25) is 0 Å². The van der Waals surface area contributed by atoms with Crippen molar-refractivity contribution in [3.63, 3.8) is 0 Å². The average molecular weight is 382 g/mol. The molecule has 1 amide bonds. The van der Waals surface area contributed by atoms with E-state index in [4.69, 9.17) is 14.2 Å². The smallest absolute Gasteiger partial charge is 0.246 e. The van der Waals surface area contributed by atoms with Gasteiger partial charge >= 0.3 is 0 Å². The highest BCUT2D eigenvalue weighted by Gasteiger charge is 2.20. The normalized spacial score (nSPS) is 14.2. The zero-order valence-electron chi connectivity index (χ0n) is 16.6. The largest absolute Gasteiger partial charge is 0.493 e. The molecule has 1 heterocycles. The first-order valence-corrected chi connectivity index (χ1v) is 9.23. The molecule has 2 aromatic carbocycles. The van der Waals surface area contributed by atoms with Crippen molar-refractivity contribution in [3.05, 3.63) is 54.1 Å². The Hall–Kier alpha value is -3.15. The molecule has 6 heteroatoms. The predicted octanol–water partition coefficient (Wildman–Crippen LogP) is 3.07. The van der Waals surface area contributed by atoms with Crippen molar-refractivity contribution in [1.82, 2.24) is 4.90 Å². The Morgan fingerprint density at radius 1 is 0.893 bits per heavy atom. The SMILES string of the molecule is COc1cc(C=CC(=O)N2CCN(c3ccccc3)CC2)cc(OC)c1OC. The molecule has 2 aromatic rings. The van der Waals surface area contributed by atoms with Crippen LogP contribution < -0.4 is 19.1 Å². The van der Waals surface area contributed by atoms with Gasteiger partial charge in [0.05, 0.1) is 21.3 Å². The van der Waals surface area contributed by atoms with Crippen LogP contribution in [0.3, 0.4) is 0 Å². The van der Waals surface area contributed by atoms with Crippen molar-refractivity contribution in [3.8, 4) is 17.2 Å². The Morgan fingerprint density at radius 3 is 2.04 bits per heavy atom. The van der Waals surface area contributed by atoms with Gasteiger partial charge < -0.3 is 24.0 Å². The minimum absolute atomic E-state index is 0.00136. The lowest BCUT2D eigenvalue weighted by molar-refractivity contribution is -0.126. The van der Waals surface area contributed by atoms with Crippen LogP contribution in [0, 0.1) is 0 Å². The van der Waals surface area contributed by atoms with Crippen molar-refractivity contribution in [1.29, 1.82) is 0 Å². The fourth-order valence-electron chi connectivity index (χ4n) is 3.29. The topological polar surface area (TPSA) is 51.2 Å². The lowest BCUT2D eigenvalue weighted by Crippen LogP contribution is -2.48. The third-order valence-electron chi connectivity index (χ3n) is 4.82. The number of para-hydroxylation sites is 1. The van der Waals surface area contributed by atoms with E-state index in [1.807, 2.05) is 35.2 Å². The maximum absolute atomic E-state index is 12.6. The number of carbonyl (C=O) groups excluding carboxylic acids is 1.